The molecule has 27 heavy (non-hydrogen) atoms. The summed E-state index contributed by atoms with van der Waals surface area (Å²) in [6.07, 6.45) is 3.43. The van der Waals surface area contributed by atoms with Gasteiger partial charge in [-0.3, -0.25) is 0 Å². The van der Waals surface area contributed by atoms with Gasteiger partial charge in [-0.2, -0.15) is 5.10 Å². The molecule has 0 saturated heterocycles. The van der Waals surface area contributed by atoms with Crippen LogP contribution in [0.4, 0.5) is 0 Å². The Morgan fingerprint density at radius 3 is 2.44 bits per heavy atom. The minimum absolute atomic E-state index is 0.431. The van der Waals surface area contributed by atoms with E-state index in [0.29, 0.717) is 42.8 Å². The molecule has 144 valence electrons. The minimum Gasteiger partial charge on any atom is -0.493 e. The number of nitrogens with zero attached hydrogens (tertiary/aromatic N) is 1. The van der Waals surface area contributed by atoms with Gasteiger partial charge in [0.1, 0.15) is 6.61 Å². The van der Waals surface area contributed by atoms with E-state index >= 15 is 0 Å². The topological polar surface area (TPSA) is 61.3 Å². The summed E-state index contributed by atoms with van der Waals surface area (Å²) in [5, 5.41) is 4.27. The van der Waals surface area contributed by atoms with Crippen LogP contribution in [-0.4, -0.2) is 33.6 Å². The van der Waals surface area contributed by atoms with Crippen LogP contribution >= 0.6 is 0 Å². The maximum Gasteiger partial charge on any atom is 0.161 e. The molecular weight excluding hydrogens is 344 g/mol. The molecule has 0 unspecified atom stereocenters. The molecule has 0 aliphatic rings. The second-order valence-corrected chi connectivity index (χ2v) is 5.52. The van der Waals surface area contributed by atoms with Crippen molar-refractivity contribution in [1.29, 1.82) is 0 Å². The van der Waals surface area contributed by atoms with Gasteiger partial charge in [-0.15, -0.1) is 0 Å². The van der Waals surface area contributed by atoms with Crippen molar-refractivity contribution >= 4 is 6.21 Å². The van der Waals surface area contributed by atoms with Crippen LogP contribution in [0, 0.1) is 0 Å². The van der Waals surface area contributed by atoms with Gasteiger partial charge in [-0.25, -0.2) is 0 Å². The van der Waals surface area contributed by atoms with E-state index in [2.05, 4.69) is 17.1 Å². The lowest BCUT2D eigenvalue weighted by Gasteiger charge is -2.11. The minimum atomic E-state index is 0.431. The summed E-state index contributed by atoms with van der Waals surface area (Å²) in [5.74, 6) is 2.76. The highest BCUT2D eigenvalue weighted by molar-refractivity contribution is 5.80. The highest BCUT2D eigenvalue weighted by atomic mass is 16.5. The molecule has 0 aromatic heterocycles. The fourth-order valence-corrected chi connectivity index (χ4v) is 2.39. The summed E-state index contributed by atoms with van der Waals surface area (Å²) in [7, 11) is 3.23. The van der Waals surface area contributed by atoms with Gasteiger partial charge in [0, 0.05) is 0 Å². The van der Waals surface area contributed by atoms with Crippen LogP contribution in [0.5, 0.6) is 23.0 Å². The van der Waals surface area contributed by atoms with Gasteiger partial charge in [-0.1, -0.05) is 18.7 Å². The van der Waals surface area contributed by atoms with E-state index in [-0.39, 0.29) is 0 Å². The lowest BCUT2D eigenvalue weighted by Crippen LogP contribution is -2.06. The van der Waals surface area contributed by atoms with Gasteiger partial charge in [0.25, 0.3) is 0 Å². The summed E-state index contributed by atoms with van der Waals surface area (Å²) in [5.41, 5.74) is 4.97. The standard InChI is InChI=1S/C21H26N2O4/c1-5-11-27-19-10-8-17(13-21(19)26-6-2)15-23-22-14-16-7-9-18(24-3)20(12-16)25-4/h5,7-10,12-13,15,22H,1,6,11,14H2,2-4H3/b23-15-. The third-order valence-corrected chi connectivity index (χ3v) is 3.66. The summed E-state index contributed by atoms with van der Waals surface area (Å²) < 4.78 is 21.8. The normalized spacial score (nSPS) is 10.5. The molecule has 2 aromatic rings. The second kappa shape index (κ2) is 10.8. The molecule has 0 amide bonds. The highest BCUT2D eigenvalue weighted by Crippen LogP contribution is 2.28. The van der Waals surface area contributed by atoms with E-state index in [1.165, 1.54) is 0 Å². The largest absolute Gasteiger partial charge is 0.493 e. The zero-order chi connectivity index (χ0) is 19.5. The molecule has 0 heterocycles. The predicted molar refractivity (Wildman–Crippen MR) is 107 cm³/mol. The molecule has 0 atom stereocenters. The molecule has 2 aromatic carbocycles. The Balaban J connectivity index is 1.99. The first-order valence-electron chi connectivity index (χ1n) is 8.69. The molecule has 6 heteroatoms. The molecular formula is C21H26N2O4. The number of hydrogen-bond acceptors (Lipinski definition) is 6. The van der Waals surface area contributed by atoms with Gasteiger partial charge in [0.05, 0.1) is 33.6 Å². The first-order chi connectivity index (χ1) is 13.2. The average molecular weight is 370 g/mol. The summed E-state index contributed by atoms with van der Waals surface area (Å²) in [6.45, 7) is 7.14. The van der Waals surface area contributed by atoms with Crippen LogP contribution in [0.2, 0.25) is 0 Å². The predicted octanol–water partition coefficient (Wildman–Crippen LogP) is 3.79. The van der Waals surface area contributed by atoms with Crippen LogP contribution in [0.1, 0.15) is 18.1 Å². The zero-order valence-corrected chi connectivity index (χ0v) is 16.0. The van der Waals surface area contributed by atoms with Crippen molar-refractivity contribution in [1.82, 2.24) is 5.43 Å². The molecule has 0 spiro atoms. The van der Waals surface area contributed by atoms with Crippen molar-refractivity contribution in [3.63, 3.8) is 0 Å². The molecule has 6 nitrogen and oxygen atoms in total. The first-order valence-corrected chi connectivity index (χ1v) is 8.69. The number of nitrogens with one attached hydrogen (secondary N) is 1. The van der Waals surface area contributed by atoms with Crippen molar-refractivity contribution in [3.05, 3.63) is 60.2 Å². The van der Waals surface area contributed by atoms with Crippen LogP contribution in [0.15, 0.2) is 54.2 Å². The third kappa shape index (κ3) is 5.95. The monoisotopic (exact) mass is 370 g/mol. The zero-order valence-electron chi connectivity index (χ0n) is 16.0. The number of hydrazone groups is 1. The van der Waals surface area contributed by atoms with Crippen molar-refractivity contribution in [2.24, 2.45) is 5.10 Å². The Morgan fingerprint density at radius 2 is 1.74 bits per heavy atom. The van der Waals surface area contributed by atoms with E-state index < -0.39 is 0 Å². The van der Waals surface area contributed by atoms with Crippen molar-refractivity contribution in [2.45, 2.75) is 13.5 Å². The Labute approximate surface area is 160 Å². The van der Waals surface area contributed by atoms with E-state index in [1.807, 2.05) is 43.3 Å². The molecule has 2 rings (SSSR count). The number of benzene rings is 2. The lowest BCUT2D eigenvalue weighted by molar-refractivity contribution is 0.297. The molecule has 0 saturated carbocycles. The Morgan fingerprint density at radius 1 is 0.963 bits per heavy atom. The molecule has 0 radical (unpaired) electrons. The highest BCUT2D eigenvalue weighted by Gasteiger charge is 2.06. The molecule has 0 aliphatic heterocycles. The van der Waals surface area contributed by atoms with E-state index in [4.69, 9.17) is 18.9 Å². The van der Waals surface area contributed by atoms with Gasteiger partial charge in [-0.05, 0) is 48.4 Å². The number of hydrogen-bond donors (Lipinski definition) is 1. The van der Waals surface area contributed by atoms with Gasteiger partial charge < -0.3 is 24.4 Å². The second-order valence-electron chi connectivity index (χ2n) is 5.52. The number of methoxy groups -OCH3 is 2. The molecule has 0 fully saturated rings. The maximum absolute atomic E-state index is 5.63. The van der Waals surface area contributed by atoms with Crippen LogP contribution in [-0.2, 0) is 6.54 Å². The molecule has 1 N–H and O–H groups in total. The van der Waals surface area contributed by atoms with Gasteiger partial charge in [0.2, 0.25) is 0 Å². The van der Waals surface area contributed by atoms with E-state index in [0.717, 1.165) is 11.1 Å². The Bertz CT molecular complexity index is 775. The quantitative estimate of drug-likeness (QED) is 0.370. The first kappa shape index (κ1) is 20.2. The summed E-state index contributed by atoms with van der Waals surface area (Å²) >= 11 is 0. The average Bonchev–Trinajstić information content (AvgIpc) is 2.70. The van der Waals surface area contributed by atoms with Gasteiger partial charge >= 0.3 is 0 Å². The summed E-state index contributed by atoms with van der Waals surface area (Å²) in [4.78, 5) is 0. The van der Waals surface area contributed by atoms with Crippen molar-refractivity contribution in [3.8, 4) is 23.0 Å². The molecule has 0 bridgehead atoms. The maximum atomic E-state index is 5.63. The molecule has 0 aliphatic carbocycles. The smallest absolute Gasteiger partial charge is 0.161 e. The lowest BCUT2D eigenvalue weighted by atomic mass is 10.2. The SMILES string of the molecule is C=CCOc1ccc(/C=N\NCc2ccc(OC)c(OC)c2)cc1OCC. The van der Waals surface area contributed by atoms with Crippen LogP contribution < -0.4 is 24.4 Å². The number of ether oxygens (including phenoxy) is 4. The van der Waals surface area contributed by atoms with Crippen LogP contribution in [0.3, 0.4) is 0 Å². The fourth-order valence-electron chi connectivity index (χ4n) is 2.39. The Hall–Kier alpha value is -3.15. The van der Waals surface area contributed by atoms with Crippen molar-refractivity contribution in [2.75, 3.05) is 27.4 Å². The van der Waals surface area contributed by atoms with Gasteiger partial charge in [0.15, 0.2) is 23.0 Å². The fraction of sp³-hybridized carbons (Fsp3) is 0.286. The van der Waals surface area contributed by atoms with E-state index in [9.17, 15) is 0 Å². The third-order valence-electron chi connectivity index (χ3n) is 3.66. The Kier molecular flexibility index (Phi) is 8.03. The van der Waals surface area contributed by atoms with E-state index in [1.54, 1.807) is 26.5 Å². The number of rotatable bonds is 11. The summed E-state index contributed by atoms with van der Waals surface area (Å²) in [6, 6.07) is 11.4. The van der Waals surface area contributed by atoms with Crippen molar-refractivity contribution < 1.29 is 18.9 Å². The van der Waals surface area contributed by atoms with Crippen LogP contribution in [0.25, 0.3) is 0 Å².